The fourth-order valence-corrected chi connectivity index (χ4v) is 3.25. The van der Waals surface area contributed by atoms with Crippen LogP contribution < -0.4 is 4.74 Å². The molecule has 0 saturated carbocycles. The Morgan fingerprint density at radius 3 is 2.63 bits per heavy atom. The summed E-state index contributed by atoms with van der Waals surface area (Å²) in [5, 5.41) is 4.01. The molecule has 1 aromatic carbocycles. The van der Waals surface area contributed by atoms with Gasteiger partial charge in [0.15, 0.2) is 0 Å². The van der Waals surface area contributed by atoms with Crippen LogP contribution in [0, 0.1) is 13.8 Å². The van der Waals surface area contributed by atoms with E-state index in [4.69, 9.17) is 9.26 Å². The topological polar surface area (TPSA) is 58.8 Å². The van der Waals surface area contributed by atoms with Crippen LogP contribution in [0.3, 0.4) is 0 Å². The summed E-state index contributed by atoms with van der Waals surface area (Å²) in [7, 11) is 0. The van der Waals surface area contributed by atoms with Gasteiger partial charge in [0.2, 0.25) is 5.91 Å². The Labute approximate surface area is 160 Å². The van der Waals surface area contributed by atoms with Gasteiger partial charge in [-0.3, -0.25) is 9.69 Å². The predicted molar refractivity (Wildman–Crippen MR) is 104 cm³/mol. The molecule has 0 unspecified atom stereocenters. The van der Waals surface area contributed by atoms with Crippen LogP contribution in [0.4, 0.5) is 0 Å². The Balaban J connectivity index is 1.54. The van der Waals surface area contributed by atoms with Crippen molar-refractivity contribution in [3.63, 3.8) is 0 Å². The zero-order valence-electron chi connectivity index (χ0n) is 16.3. The van der Waals surface area contributed by atoms with Crippen molar-refractivity contribution in [1.82, 2.24) is 15.0 Å². The highest BCUT2D eigenvalue weighted by atomic mass is 16.5. The first-order valence-electron chi connectivity index (χ1n) is 9.41. The molecule has 1 amide bonds. The number of carbonyl (C=O) groups excluding carboxylic acids is 1. The molecule has 0 aliphatic carbocycles. The first kappa shape index (κ1) is 19.2. The second-order valence-electron chi connectivity index (χ2n) is 6.71. The second-order valence-corrected chi connectivity index (χ2v) is 6.71. The van der Waals surface area contributed by atoms with Gasteiger partial charge in [-0.2, -0.15) is 0 Å². The van der Waals surface area contributed by atoms with E-state index < -0.39 is 0 Å². The molecule has 1 fully saturated rings. The predicted octanol–water partition coefficient (Wildman–Crippen LogP) is 3.05. The molecular formula is C21H27N3O3. The summed E-state index contributed by atoms with van der Waals surface area (Å²) in [6.45, 7) is 10.4. The van der Waals surface area contributed by atoms with Crippen LogP contribution in [0.1, 0.15) is 29.5 Å². The lowest BCUT2D eigenvalue weighted by Crippen LogP contribution is -2.47. The normalized spacial score (nSPS) is 15.4. The van der Waals surface area contributed by atoms with Gasteiger partial charge >= 0.3 is 0 Å². The number of ether oxygens (including phenoxy) is 1. The van der Waals surface area contributed by atoms with E-state index in [-0.39, 0.29) is 5.91 Å². The van der Waals surface area contributed by atoms with E-state index in [1.807, 2.05) is 56.0 Å². The standard InChI is InChI=1S/C21H27N3O3/c1-4-26-20-8-6-5-7-18(20)9-10-21(25)24-13-11-23(12-14-24)15-19-16(2)22-27-17(19)3/h5-10H,4,11-15H2,1-3H3/b10-9+. The Morgan fingerprint density at radius 2 is 1.96 bits per heavy atom. The van der Waals surface area contributed by atoms with Crippen LogP contribution >= 0.6 is 0 Å². The van der Waals surface area contributed by atoms with E-state index in [9.17, 15) is 4.79 Å². The van der Waals surface area contributed by atoms with E-state index in [1.54, 1.807) is 6.08 Å². The number of piperazine rings is 1. The zero-order valence-corrected chi connectivity index (χ0v) is 16.3. The Kier molecular flexibility index (Phi) is 6.29. The van der Waals surface area contributed by atoms with E-state index >= 15 is 0 Å². The summed E-state index contributed by atoms with van der Waals surface area (Å²) in [6, 6.07) is 7.75. The number of aromatic nitrogens is 1. The third kappa shape index (κ3) is 4.77. The number of nitrogens with zero attached hydrogens (tertiary/aromatic N) is 3. The minimum atomic E-state index is 0.0401. The molecule has 0 spiro atoms. The fourth-order valence-electron chi connectivity index (χ4n) is 3.25. The number of carbonyl (C=O) groups is 1. The minimum absolute atomic E-state index is 0.0401. The summed E-state index contributed by atoms with van der Waals surface area (Å²) in [6.07, 6.45) is 3.48. The Bertz CT molecular complexity index is 785. The van der Waals surface area contributed by atoms with E-state index in [0.29, 0.717) is 6.61 Å². The monoisotopic (exact) mass is 369 g/mol. The van der Waals surface area contributed by atoms with Crippen LogP contribution in [-0.4, -0.2) is 53.6 Å². The molecule has 0 radical (unpaired) electrons. The molecule has 3 rings (SSSR count). The van der Waals surface area contributed by atoms with Crippen LogP contribution in [0.25, 0.3) is 6.08 Å². The molecule has 6 nitrogen and oxygen atoms in total. The van der Waals surface area contributed by atoms with Gasteiger partial charge < -0.3 is 14.2 Å². The molecular weight excluding hydrogens is 342 g/mol. The number of benzene rings is 1. The van der Waals surface area contributed by atoms with Gasteiger partial charge in [-0.25, -0.2) is 0 Å². The first-order chi connectivity index (χ1) is 13.1. The van der Waals surface area contributed by atoms with Gasteiger partial charge in [0.25, 0.3) is 0 Å². The van der Waals surface area contributed by atoms with Crippen LogP contribution in [0.5, 0.6) is 5.75 Å². The van der Waals surface area contributed by atoms with Gasteiger partial charge in [-0.15, -0.1) is 0 Å². The number of hydrogen-bond donors (Lipinski definition) is 0. The minimum Gasteiger partial charge on any atom is -0.493 e. The summed E-state index contributed by atoms with van der Waals surface area (Å²) < 4.78 is 10.8. The van der Waals surface area contributed by atoms with Crippen molar-refractivity contribution in [2.45, 2.75) is 27.3 Å². The molecule has 0 bridgehead atoms. The number of hydrogen-bond acceptors (Lipinski definition) is 5. The zero-order chi connectivity index (χ0) is 19.2. The summed E-state index contributed by atoms with van der Waals surface area (Å²) in [4.78, 5) is 16.8. The highest BCUT2D eigenvalue weighted by Crippen LogP contribution is 2.20. The molecule has 1 aromatic heterocycles. The van der Waals surface area contributed by atoms with Gasteiger partial charge in [-0.1, -0.05) is 23.4 Å². The van der Waals surface area contributed by atoms with Crippen molar-refractivity contribution in [3.8, 4) is 5.75 Å². The van der Waals surface area contributed by atoms with Gasteiger partial charge in [0, 0.05) is 49.9 Å². The molecule has 27 heavy (non-hydrogen) atoms. The van der Waals surface area contributed by atoms with E-state index in [2.05, 4.69) is 10.1 Å². The van der Waals surface area contributed by atoms with Gasteiger partial charge in [-0.05, 0) is 32.9 Å². The second kappa shape index (κ2) is 8.86. The highest BCUT2D eigenvalue weighted by molar-refractivity contribution is 5.92. The molecule has 1 aliphatic rings. The molecule has 2 aromatic rings. The summed E-state index contributed by atoms with van der Waals surface area (Å²) >= 11 is 0. The Hall–Kier alpha value is -2.60. The molecule has 1 saturated heterocycles. The van der Waals surface area contributed by atoms with Crippen molar-refractivity contribution < 1.29 is 14.1 Å². The van der Waals surface area contributed by atoms with E-state index in [0.717, 1.165) is 61.1 Å². The SMILES string of the molecule is CCOc1ccccc1/C=C/C(=O)N1CCN(Cc2c(C)noc2C)CC1. The van der Waals surface area contributed by atoms with Crippen molar-refractivity contribution >= 4 is 12.0 Å². The number of amides is 1. The van der Waals surface area contributed by atoms with Crippen LogP contribution in [0.15, 0.2) is 34.9 Å². The van der Waals surface area contributed by atoms with Crippen LogP contribution in [0.2, 0.25) is 0 Å². The molecule has 1 aliphatic heterocycles. The van der Waals surface area contributed by atoms with Gasteiger partial charge in [0.1, 0.15) is 11.5 Å². The van der Waals surface area contributed by atoms with Crippen molar-refractivity contribution in [1.29, 1.82) is 0 Å². The van der Waals surface area contributed by atoms with Gasteiger partial charge in [0.05, 0.1) is 12.3 Å². The fraction of sp³-hybridized carbons (Fsp3) is 0.429. The first-order valence-corrected chi connectivity index (χ1v) is 9.41. The lowest BCUT2D eigenvalue weighted by atomic mass is 10.1. The molecule has 6 heteroatoms. The Morgan fingerprint density at radius 1 is 1.22 bits per heavy atom. The molecule has 0 N–H and O–H groups in total. The maximum Gasteiger partial charge on any atom is 0.246 e. The lowest BCUT2D eigenvalue weighted by molar-refractivity contribution is -0.127. The average Bonchev–Trinajstić information content (AvgIpc) is 3.00. The lowest BCUT2D eigenvalue weighted by Gasteiger charge is -2.34. The van der Waals surface area contributed by atoms with Crippen molar-refractivity contribution in [3.05, 3.63) is 52.9 Å². The smallest absolute Gasteiger partial charge is 0.246 e. The van der Waals surface area contributed by atoms with Crippen LogP contribution in [-0.2, 0) is 11.3 Å². The number of rotatable bonds is 6. The largest absolute Gasteiger partial charge is 0.493 e. The molecule has 144 valence electrons. The quantitative estimate of drug-likeness (QED) is 0.733. The summed E-state index contributed by atoms with van der Waals surface area (Å²) in [5.41, 5.74) is 3.02. The number of para-hydroxylation sites is 1. The third-order valence-electron chi connectivity index (χ3n) is 4.87. The maximum absolute atomic E-state index is 12.5. The molecule has 0 atom stereocenters. The number of aryl methyl sites for hydroxylation is 2. The summed E-state index contributed by atoms with van der Waals surface area (Å²) in [5.74, 6) is 1.72. The highest BCUT2D eigenvalue weighted by Gasteiger charge is 2.21. The van der Waals surface area contributed by atoms with Crippen molar-refractivity contribution in [2.75, 3.05) is 32.8 Å². The maximum atomic E-state index is 12.5. The van der Waals surface area contributed by atoms with Crippen molar-refractivity contribution in [2.24, 2.45) is 0 Å². The third-order valence-corrected chi connectivity index (χ3v) is 4.87. The van der Waals surface area contributed by atoms with E-state index in [1.165, 1.54) is 0 Å². The molecule has 2 heterocycles. The average molecular weight is 369 g/mol.